The first-order valence-corrected chi connectivity index (χ1v) is 7.17. The van der Waals surface area contributed by atoms with Crippen LogP contribution in [0.1, 0.15) is 58.6 Å². The molecule has 0 aromatic heterocycles. The minimum atomic E-state index is 0.281. The van der Waals surface area contributed by atoms with E-state index in [9.17, 15) is 0 Å². The van der Waals surface area contributed by atoms with Gasteiger partial charge in [-0.05, 0) is 50.9 Å². The molecular formula is C16H27NO. The SMILES string of the molecule is CCCCN[C@H](C)c1cccc(O[C@@H](C)CC)c1. The molecule has 0 saturated carbocycles. The number of unbranched alkanes of at least 4 members (excludes halogenated alkanes) is 1. The van der Waals surface area contributed by atoms with Crippen molar-refractivity contribution in [2.75, 3.05) is 6.54 Å². The van der Waals surface area contributed by atoms with E-state index in [4.69, 9.17) is 4.74 Å². The van der Waals surface area contributed by atoms with Gasteiger partial charge in [-0.25, -0.2) is 0 Å². The average molecular weight is 249 g/mol. The second-order valence-electron chi connectivity index (χ2n) is 4.94. The maximum Gasteiger partial charge on any atom is 0.120 e. The predicted octanol–water partition coefficient (Wildman–Crippen LogP) is 4.31. The van der Waals surface area contributed by atoms with Gasteiger partial charge in [0.25, 0.3) is 0 Å². The monoisotopic (exact) mass is 249 g/mol. The summed E-state index contributed by atoms with van der Waals surface area (Å²) in [5.41, 5.74) is 1.30. The molecule has 2 heteroatoms. The summed E-state index contributed by atoms with van der Waals surface area (Å²) < 4.78 is 5.85. The second-order valence-corrected chi connectivity index (χ2v) is 4.94. The summed E-state index contributed by atoms with van der Waals surface area (Å²) >= 11 is 0. The number of benzene rings is 1. The quantitative estimate of drug-likeness (QED) is 0.693. The smallest absolute Gasteiger partial charge is 0.120 e. The summed E-state index contributed by atoms with van der Waals surface area (Å²) in [6.45, 7) is 9.75. The van der Waals surface area contributed by atoms with E-state index >= 15 is 0 Å². The Balaban J connectivity index is 2.57. The maximum atomic E-state index is 5.85. The van der Waals surface area contributed by atoms with Crippen LogP contribution in [-0.2, 0) is 0 Å². The number of rotatable bonds is 8. The molecule has 0 amide bonds. The van der Waals surface area contributed by atoms with Gasteiger partial charge in [-0.2, -0.15) is 0 Å². The van der Waals surface area contributed by atoms with Crippen LogP contribution >= 0.6 is 0 Å². The molecule has 0 aliphatic rings. The standard InChI is InChI=1S/C16H27NO/c1-5-7-11-17-14(4)15-9-8-10-16(12-15)18-13(3)6-2/h8-10,12-14,17H,5-7,11H2,1-4H3/t13-,14+/m0/s1. The summed E-state index contributed by atoms with van der Waals surface area (Å²) in [4.78, 5) is 0. The molecule has 18 heavy (non-hydrogen) atoms. The first-order chi connectivity index (χ1) is 8.67. The maximum absolute atomic E-state index is 5.85. The number of hydrogen-bond acceptors (Lipinski definition) is 2. The molecule has 0 aliphatic carbocycles. The van der Waals surface area contributed by atoms with Crippen LogP contribution in [-0.4, -0.2) is 12.6 Å². The highest BCUT2D eigenvalue weighted by molar-refractivity contribution is 5.30. The summed E-state index contributed by atoms with van der Waals surface area (Å²) in [6.07, 6.45) is 3.78. The zero-order valence-corrected chi connectivity index (χ0v) is 12.2. The van der Waals surface area contributed by atoms with Gasteiger partial charge in [0.2, 0.25) is 0 Å². The first-order valence-electron chi connectivity index (χ1n) is 7.17. The topological polar surface area (TPSA) is 21.3 Å². The van der Waals surface area contributed by atoms with Gasteiger partial charge in [0.15, 0.2) is 0 Å². The van der Waals surface area contributed by atoms with Gasteiger partial charge in [-0.3, -0.25) is 0 Å². The first kappa shape index (κ1) is 15.0. The molecule has 1 rings (SSSR count). The lowest BCUT2D eigenvalue weighted by atomic mass is 10.1. The van der Waals surface area contributed by atoms with Crippen LogP contribution in [0.3, 0.4) is 0 Å². The predicted molar refractivity (Wildman–Crippen MR) is 78.1 cm³/mol. The third kappa shape index (κ3) is 5.09. The number of ether oxygens (including phenoxy) is 1. The van der Waals surface area contributed by atoms with E-state index in [0.717, 1.165) is 18.7 Å². The van der Waals surface area contributed by atoms with Crippen LogP contribution in [0.25, 0.3) is 0 Å². The van der Waals surface area contributed by atoms with E-state index in [1.54, 1.807) is 0 Å². The highest BCUT2D eigenvalue weighted by Crippen LogP contribution is 2.20. The molecule has 2 nitrogen and oxygen atoms in total. The third-order valence-electron chi connectivity index (χ3n) is 3.25. The molecule has 0 radical (unpaired) electrons. The van der Waals surface area contributed by atoms with Crippen molar-refractivity contribution in [2.45, 2.75) is 59.1 Å². The molecule has 1 aromatic carbocycles. The normalized spacial score (nSPS) is 14.2. The van der Waals surface area contributed by atoms with E-state index in [2.05, 4.69) is 51.2 Å². The molecule has 0 heterocycles. The van der Waals surface area contributed by atoms with Gasteiger partial charge in [0.1, 0.15) is 5.75 Å². The Labute approximate surface area is 112 Å². The van der Waals surface area contributed by atoms with Gasteiger partial charge < -0.3 is 10.1 Å². The third-order valence-corrected chi connectivity index (χ3v) is 3.25. The van der Waals surface area contributed by atoms with E-state index in [-0.39, 0.29) is 6.10 Å². The van der Waals surface area contributed by atoms with Crippen molar-refractivity contribution in [3.05, 3.63) is 29.8 Å². The summed E-state index contributed by atoms with van der Waals surface area (Å²) in [6, 6.07) is 8.81. The largest absolute Gasteiger partial charge is 0.491 e. The van der Waals surface area contributed by atoms with E-state index in [0.29, 0.717) is 6.04 Å². The van der Waals surface area contributed by atoms with Gasteiger partial charge in [0.05, 0.1) is 6.10 Å². The summed E-state index contributed by atoms with van der Waals surface area (Å²) in [5, 5.41) is 3.54. The van der Waals surface area contributed by atoms with Gasteiger partial charge in [-0.1, -0.05) is 32.4 Å². The van der Waals surface area contributed by atoms with E-state index < -0.39 is 0 Å². The zero-order chi connectivity index (χ0) is 13.4. The molecule has 1 N–H and O–H groups in total. The van der Waals surface area contributed by atoms with Crippen molar-refractivity contribution in [3.8, 4) is 5.75 Å². The van der Waals surface area contributed by atoms with Crippen LogP contribution in [0, 0.1) is 0 Å². The Hall–Kier alpha value is -1.02. The van der Waals surface area contributed by atoms with Crippen molar-refractivity contribution in [3.63, 3.8) is 0 Å². The lowest BCUT2D eigenvalue weighted by Gasteiger charge is -2.17. The molecule has 0 aliphatic heterocycles. The molecular weight excluding hydrogens is 222 g/mol. The lowest BCUT2D eigenvalue weighted by molar-refractivity contribution is 0.217. The van der Waals surface area contributed by atoms with Crippen LogP contribution in [0.4, 0.5) is 0 Å². The Bertz CT molecular complexity index is 338. The van der Waals surface area contributed by atoms with Crippen LogP contribution in [0.15, 0.2) is 24.3 Å². The van der Waals surface area contributed by atoms with Crippen molar-refractivity contribution < 1.29 is 4.74 Å². The molecule has 0 saturated heterocycles. The molecule has 0 fully saturated rings. The number of hydrogen-bond donors (Lipinski definition) is 1. The van der Waals surface area contributed by atoms with Crippen molar-refractivity contribution in [1.82, 2.24) is 5.32 Å². The van der Waals surface area contributed by atoms with Gasteiger partial charge >= 0.3 is 0 Å². The minimum absolute atomic E-state index is 0.281. The van der Waals surface area contributed by atoms with E-state index in [1.165, 1.54) is 18.4 Å². The molecule has 1 aromatic rings. The Morgan fingerprint density at radius 1 is 1.22 bits per heavy atom. The molecule has 0 spiro atoms. The molecule has 0 unspecified atom stereocenters. The molecule has 2 atom stereocenters. The Kier molecular flexibility index (Phi) is 6.81. The van der Waals surface area contributed by atoms with Crippen LogP contribution in [0.5, 0.6) is 5.75 Å². The highest BCUT2D eigenvalue weighted by Gasteiger charge is 2.07. The summed E-state index contributed by atoms with van der Waals surface area (Å²) in [7, 11) is 0. The van der Waals surface area contributed by atoms with Gasteiger partial charge in [0, 0.05) is 6.04 Å². The Morgan fingerprint density at radius 2 is 2.00 bits per heavy atom. The van der Waals surface area contributed by atoms with Crippen molar-refractivity contribution in [2.24, 2.45) is 0 Å². The molecule has 0 bridgehead atoms. The van der Waals surface area contributed by atoms with Crippen LogP contribution < -0.4 is 10.1 Å². The fraction of sp³-hybridized carbons (Fsp3) is 0.625. The zero-order valence-electron chi connectivity index (χ0n) is 12.2. The highest BCUT2D eigenvalue weighted by atomic mass is 16.5. The average Bonchev–Trinajstić information content (AvgIpc) is 2.39. The second kappa shape index (κ2) is 8.15. The number of nitrogens with one attached hydrogen (secondary N) is 1. The molecule has 102 valence electrons. The fourth-order valence-electron chi connectivity index (χ4n) is 1.79. The minimum Gasteiger partial charge on any atom is -0.491 e. The summed E-state index contributed by atoms with van der Waals surface area (Å²) in [5.74, 6) is 0.978. The Morgan fingerprint density at radius 3 is 2.67 bits per heavy atom. The fourth-order valence-corrected chi connectivity index (χ4v) is 1.79. The van der Waals surface area contributed by atoms with Crippen LogP contribution in [0.2, 0.25) is 0 Å². The van der Waals surface area contributed by atoms with E-state index in [1.807, 2.05) is 6.07 Å². The van der Waals surface area contributed by atoms with Crippen molar-refractivity contribution >= 4 is 0 Å². The van der Waals surface area contributed by atoms with Gasteiger partial charge in [-0.15, -0.1) is 0 Å². The van der Waals surface area contributed by atoms with Crippen molar-refractivity contribution in [1.29, 1.82) is 0 Å². The lowest BCUT2D eigenvalue weighted by Crippen LogP contribution is -2.19.